The molecule has 1 aromatic heterocycles. The lowest BCUT2D eigenvalue weighted by Gasteiger charge is -2.22. The van der Waals surface area contributed by atoms with Crippen LogP contribution < -0.4 is 5.32 Å². The molecule has 1 amide bonds. The fraction of sp³-hybridized carbons (Fsp3) is 0.393. The molecule has 0 saturated heterocycles. The Kier molecular flexibility index (Phi) is 8.81. The highest BCUT2D eigenvalue weighted by Crippen LogP contribution is 2.28. The third kappa shape index (κ3) is 7.25. The van der Waals surface area contributed by atoms with Gasteiger partial charge in [0, 0.05) is 41.0 Å². The van der Waals surface area contributed by atoms with Crippen LogP contribution in [0.5, 0.6) is 0 Å². The zero-order valence-electron chi connectivity index (χ0n) is 21.6. The van der Waals surface area contributed by atoms with Gasteiger partial charge in [-0.25, -0.2) is 4.79 Å². The molecule has 1 N–H and O–H groups in total. The predicted molar refractivity (Wildman–Crippen MR) is 140 cm³/mol. The average molecular weight is 508 g/mol. The van der Waals surface area contributed by atoms with E-state index in [-0.39, 0.29) is 24.3 Å². The molecule has 3 rings (SSSR count). The molecule has 0 bridgehead atoms. The van der Waals surface area contributed by atoms with E-state index < -0.39 is 40.9 Å². The number of carbonyl (C=O) groups excluding carboxylic acids is 3. The average Bonchev–Trinajstić information content (AvgIpc) is 3.24. The molecule has 0 aliphatic rings. The Hall–Kier alpha value is -4.01. The number of nitro groups is 1. The lowest BCUT2D eigenvalue weighted by atomic mass is 9.84. The summed E-state index contributed by atoms with van der Waals surface area (Å²) in [5, 5.41) is 14.7. The first kappa shape index (κ1) is 27.6. The number of hydrogen-bond donors (Lipinski definition) is 1. The first-order chi connectivity index (χ1) is 17.5. The first-order valence-electron chi connectivity index (χ1n) is 12.3. The van der Waals surface area contributed by atoms with Gasteiger partial charge in [-0.15, -0.1) is 0 Å². The maximum Gasteiger partial charge on any atom is 0.419 e. The topological polar surface area (TPSA) is 121 Å². The SMILES string of the molecule is CC[C@@H](C[N+](=O)[O-])[C@@H](CC(=O)c1cn(C(=O)OC(C)(C)C)c2ccccc12)C(=O)NCc1ccccc1. The first-order valence-corrected chi connectivity index (χ1v) is 12.3. The maximum absolute atomic E-state index is 13.6. The standard InChI is InChI=1S/C28H33N3O6/c1-5-20(17-31(35)36)22(26(33)29-16-19-11-7-6-8-12-19)15-25(32)23-18-30(27(34)37-28(2,3)4)24-14-10-9-13-21(23)24/h6-14,18,20,22H,5,15-17H2,1-4H3,(H,29,33)/t20-,22+/m0/s1. The van der Waals surface area contributed by atoms with E-state index in [0.717, 1.165) is 5.56 Å². The van der Waals surface area contributed by atoms with Gasteiger partial charge < -0.3 is 10.1 Å². The van der Waals surface area contributed by atoms with E-state index in [1.165, 1.54) is 10.8 Å². The molecule has 0 radical (unpaired) electrons. The van der Waals surface area contributed by atoms with E-state index in [9.17, 15) is 24.5 Å². The van der Waals surface area contributed by atoms with Crippen LogP contribution in [0.3, 0.4) is 0 Å². The molecule has 9 nitrogen and oxygen atoms in total. The van der Waals surface area contributed by atoms with Crippen molar-refractivity contribution in [1.82, 2.24) is 9.88 Å². The molecule has 0 spiro atoms. The Morgan fingerprint density at radius 1 is 1.05 bits per heavy atom. The van der Waals surface area contributed by atoms with Gasteiger partial charge in [0.25, 0.3) is 0 Å². The third-order valence-electron chi connectivity index (χ3n) is 6.13. The van der Waals surface area contributed by atoms with Crippen LogP contribution in [0.2, 0.25) is 0 Å². The van der Waals surface area contributed by atoms with Crippen LogP contribution in [0, 0.1) is 22.0 Å². The second-order valence-electron chi connectivity index (χ2n) is 10.0. The molecule has 37 heavy (non-hydrogen) atoms. The number of aromatic nitrogens is 1. The second kappa shape index (κ2) is 11.8. The van der Waals surface area contributed by atoms with Crippen LogP contribution in [0.1, 0.15) is 56.5 Å². The third-order valence-corrected chi connectivity index (χ3v) is 6.13. The number of Topliss-reactive ketones (excluding diaryl/α,β-unsaturated/α-hetero) is 1. The van der Waals surface area contributed by atoms with Crippen LogP contribution in [0.4, 0.5) is 4.79 Å². The summed E-state index contributed by atoms with van der Waals surface area (Å²) in [5.41, 5.74) is 0.912. The smallest absolute Gasteiger partial charge is 0.419 e. The van der Waals surface area contributed by atoms with Crippen molar-refractivity contribution in [1.29, 1.82) is 0 Å². The van der Waals surface area contributed by atoms with Crippen molar-refractivity contribution >= 4 is 28.7 Å². The molecule has 2 aromatic carbocycles. The quantitative estimate of drug-likeness (QED) is 0.228. The van der Waals surface area contributed by atoms with Crippen molar-refractivity contribution in [3.05, 3.63) is 82.0 Å². The summed E-state index contributed by atoms with van der Waals surface area (Å²) in [6.07, 6.45) is 0.931. The molecule has 1 heterocycles. The minimum Gasteiger partial charge on any atom is -0.443 e. The van der Waals surface area contributed by atoms with Crippen molar-refractivity contribution < 1.29 is 24.0 Å². The van der Waals surface area contributed by atoms with Gasteiger partial charge in [-0.3, -0.25) is 24.3 Å². The summed E-state index contributed by atoms with van der Waals surface area (Å²) in [6.45, 7) is 6.85. The van der Waals surface area contributed by atoms with Crippen LogP contribution in [0.25, 0.3) is 10.9 Å². The largest absolute Gasteiger partial charge is 0.443 e. The summed E-state index contributed by atoms with van der Waals surface area (Å²) < 4.78 is 6.78. The monoisotopic (exact) mass is 507 g/mol. The molecule has 3 aromatic rings. The van der Waals surface area contributed by atoms with E-state index >= 15 is 0 Å². The maximum atomic E-state index is 13.6. The van der Waals surface area contributed by atoms with Crippen molar-refractivity contribution in [2.45, 2.75) is 52.7 Å². The summed E-state index contributed by atoms with van der Waals surface area (Å²) in [5.74, 6) is -2.33. The Balaban J connectivity index is 1.91. The lowest BCUT2D eigenvalue weighted by Crippen LogP contribution is -2.38. The molecule has 0 aliphatic carbocycles. The number of hydrogen-bond acceptors (Lipinski definition) is 6. The van der Waals surface area contributed by atoms with Crippen molar-refractivity contribution in [3.63, 3.8) is 0 Å². The van der Waals surface area contributed by atoms with Crippen molar-refractivity contribution in [3.8, 4) is 0 Å². The highest BCUT2D eigenvalue weighted by molar-refractivity contribution is 6.10. The Labute approximate surface area is 215 Å². The van der Waals surface area contributed by atoms with Gasteiger partial charge in [-0.05, 0) is 38.8 Å². The van der Waals surface area contributed by atoms with Gasteiger partial charge in [0.2, 0.25) is 12.5 Å². The Morgan fingerprint density at radius 3 is 2.32 bits per heavy atom. The van der Waals surface area contributed by atoms with Gasteiger partial charge >= 0.3 is 6.09 Å². The van der Waals surface area contributed by atoms with Crippen LogP contribution in [-0.2, 0) is 16.1 Å². The zero-order chi connectivity index (χ0) is 27.2. The number of ether oxygens (including phenoxy) is 1. The summed E-state index contributed by atoms with van der Waals surface area (Å²) in [7, 11) is 0. The number of para-hydroxylation sites is 1. The van der Waals surface area contributed by atoms with E-state index in [2.05, 4.69) is 5.32 Å². The summed E-state index contributed by atoms with van der Waals surface area (Å²) in [4.78, 5) is 50.5. The van der Waals surface area contributed by atoms with Gasteiger partial charge in [0.15, 0.2) is 5.78 Å². The van der Waals surface area contributed by atoms with Gasteiger partial charge in [-0.1, -0.05) is 55.5 Å². The number of ketones is 1. The number of nitrogens with zero attached hydrogens (tertiary/aromatic N) is 2. The Bertz CT molecular complexity index is 1280. The molecular formula is C28H33N3O6. The number of rotatable bonds is 10. The molecule has 0 fully saturated rings. The summed E-state index contributed by atoms with van der Waals surface area (Å²) >= 11 is 0. The number of carbonyl (C=O) groups is 3. The van der Waals surface area contributed by atoms with Crippen LogP contribution in [0.15, 0.2) is 60.8 Å². The number of amides is 1. The van der Waals surface area contributed by atoms with Gasteiger partial charge in [0.1, 0.15) is 5.60 Å². The lowest BCUT2D eigenvalue weighted by molar-refractivity contribution is -0.489. The number of benzene rings is 2. The molecule has 2 atom stereocenters. The fourth-order valence-corrected chi connectivity index (χ4v) is 4.30. The minimum atomic E-state index is -0.907. The number of nitrogens with one attached hydrogen (secondary N) is 1. The molecule has 0 unspecified atom stereocenters. The molecular weight excluding hydrogens is 474 g/mol. The van der Waals surface area contributed by atoms with Crippen molar-refractivity contribution in [2.24, 2.45) is 11.8 Å². The highest BCUT2D eigenvalue weighted by atomic mass is 16.6. The van der Waals surface area contributed by atoms with Crippen LogP contribution in [-0.4, -0.2) is 39.4 Å². The summed E-state index contributed by atoms with van der Waals surface area (Å²) in [6, 6.07) is 16.2. The normalized spacial score (nSPS) is 13.1. The fourth-order valence-electron chi connectivity index (χ4n) is 4.30. The zero-order valence-corrected chi connectivity index (χ0v) is 21.6. The molecule has 0 aliphatic heterocycles. The van der Waals surface area contributed by atoms with E-state index in [0.29, 0.717) is 17.3 Å². The highest BCUT2D eigenvalue weighted by Gasteiger charge is 2.34. The Morgan fingerprint density at radius 2 is 1.70 bits per heavy atom. The second-order valence-corrected chi connectivity index (χ2v) is 10.0. The van der Waals surface area contributed by atoms with E-state index in [1.807, 2.05) is 30.3 Å². The predicted octanol–water partition coefficient (Wildman–Crippen LogP) is 5.23. The van der Waals surface area contributed by atoms with Gasteiger partial charge in [0.05, 0.1) is 11.4 Å². The molecule has 0 saturated carbocycles. The van der Waals surface area contributed by atoms with E-state index in [4.69, 9.17) is 4.74 Å². The van der Waals surface area contributed by atoms with E-state index in [1.54, 1.807) is 52.0 Å². The molecule has 9 heteroatoms. The van der Waals surface area contributed by atoms with Crippen molar-refractivity contribution in [2.75, 3.05) is 6.54 Å². The van der Waals surface area contributed by atoms with Gasteiger partial charge in [-0.2, -0.15) is 0 Å². The van der Waals surface area contributed by atoms with Crippen LogP contribution >= 0.6 is 0 Å². The number of fused-ring (bicyclic) bond motifs is 1. The minimum absolute atomic E-state index is 0.227. The molecule has 196 valence electrons.